The van der Waals surface area contributed by atoms with Crippen LogP contribution in [0.1, 0.15) is 5.01 Å². The molecule has 6 nitrogen and oxygen atoms in total. The molecule has 0 spiro atoms. The van der Waals surface area contributed by atoms with E-state index < -0.39 is 0 Å². The van der Waals surface area contributed by atoms with E-state index >= 15 is 0 Å². The molecule has 24 heavy (non-hydrogen) atoms. The van der Waals surface area contributed by atoms with Crippen molar-refractivity contribution in [2.75, 3.05) is 12.4 Å². The summed E-state index contributed by atoms with van der Waals surface area (Å²) >= 11 is 1.53. The minimum atomic E-state index is 0.653. The Hall–Kier alpha value is -2.93. The number of nitrogens with zero attached hydrogens (tertiary/aromatic N) is 4. The molecule has 4 rings (SSSR count). The second kappa shape index (κ2) is 6.29. The van der Waals surface area contributed by atoms with E-state index in [1.165, 1.54) is 11.3 Å². The summed E-state index contributed by atoms with van der Waals surface area (Å²) in [5.74, 6) is 1.54. The van der Waals surface area contributed by atoms with Crippen molar-refractivity contribution >= 4 is 22.0 Å². The van der Waals surface area contributed by atoms with Crippen molar-refractivity contribution in [3.63, 3.8) is 0 Å². The number of anilines is 1. The predicted molar refractivity (Wildman–Crippen MR) is 94.4 cm³/mol. The van der Waals surface area contributed by atoms with Crippen LogP contribution in [0.5, 0.6) is 5.75 Å². The van der Waals surface area contributed by atoms with E-state index in [9.17, 15) is 0 Å². The first-order chi connectivity index (χ1) is 11.8. The lowest BCUT2D eigenvalue weighted by atomic mass is 10.2. The molecule has 0 fully saturated rings. The lowest BCUT2D eigenvalue weighted by Crippen LogP contribution is -2.00. The van der Waals surface area contributed by atoms with Crippen LogP contribution in [0, 0.1) is 0 Å². The number of methoxy groups -OCH3 is 1. The maximum atomic E-state index is 5.19. The lowest BCUT2D eigenvalue weighted by molar-refractivity contribution is 0.415. The van der Waals surface area contributed by atoms with Crippen molar-refractivity contribution < 1.29 is 4.74 Å². The highest BCUT2D eigenvalue weighted by Crippen LogP contribution is 2.24. The summed E-state index contributed by atoms with van der Waals surface area (Å²) in [5.41, 5.74) is 2.02. The quantitative estimate of drug-likeness (QED) is 0.604. The van der Waals surface area contributed by atoms with Crippen LogP contribution in [0.4, 0.5) is 5.69 Å². The Labute approximate surface area is 142 Å². The van der Waals surface area contributed by atoms with Crippen molar-refractivity contribution in [1.82, 2.24) is 19.8 Å². The molecule has 0 aliphatic carbocycles. The van der Waals surface area contributed by atoms with Gasteiger partial charge in [0, 0.05) is 11.3 Å². The van der Waals surface area contributed by atoms with Crippen LogP contribution in [0.2, 0.25) is 0 Å². The third kappa shape index (κ3) is 2.81. The molecule has 0 saturated carbocycles. The lowest BCUT2D eigenvalue weighted by Gasteiger charge is -2.02. The normalized spacial score (nSPS) is 10.9. The van der Waals surface area contributed by atoms with Gasteiger partial charge in [0.15, 0.2) is 5.82 Å². The summed E-state index contributed by atoms with van der Waals surface area (Å²) < 4.78 is 6.97. The van der Waals surface area contributed by atoms with Crippen molar-refractivity contribution in [1.29, 1.82) is 0 Å². The number of fused-ring (bicyclic) bond motifs is 1. The number of hydrogen-bond donors (Lipinski definition) is 1. The molecule has 0 bridgehead atoms. The molecule has 2 aromatic heterocycles. The van der Waals surface area contributed by atoms with Gasteiger partial charge in [-0.3, -0.25) is 0 Å². The van der Waals surface area contributed by atoms with E-state index in [0.717, 1.165) is 32.8 Å². The zero-order valence-electron chi connectivity index (χ0n) is 13.0. The van der Waals surface area contributed by atoms with Gasteiger partial charge >= 0.3 is 0 Å². The first-order valence-electron chi connectivity index (χ1n) is 7.48. The summed E-state index contributed by atoms with van der Waals surface area (Å²) in [6.07, 6.45) is 0. The number of para-hydroxylation sites is 1. The van der Waals surface area contributed by atoms with Crippen molar-refractivity contribution in [2.24, 2.45) is 0 Å². The minimum absolute atomic E-state index is 0.653. The van der Waals surface area contributed by atoms with Gasteiger partial charge in [-0.05, 0) is 36.4 Å². The highest BCUT2D eigenvalue weighted by atomic mass is 32.1. The van der Waals surface area contributed by atoms with Crippen LogP contribution in [0.15, 0.2) is 54.6 Å². The Bertz CT molecular complexity index is 946. The number of aromatic nitrogens is 4. The van der Waals surface area contributed by atoms with Gasteiger partial charge in [-0.15, -0.1) is 10.2 Å². The van der Waals surface area contributed by atoms with Crippen LogP contribution in [0.3, 0.4) is 0 Å². The molecule has 1 N–H and O–H groups in total. The third-order valence-electron chi connectivity index (χ3n) is 3.60. The van der Waals surface area contributed by atoms with E-state index in [1.54, 1.807) is 11.6 Å². The van der Waals surface area contributed by atoms with Gasteiger partial charge < -0.3 is 10.1 Å². The van der Waals surface area contributed by atoms with Crippen LogP contribution in [-0.2, 0) is 6.54 Å². The van der Waals surface area contributed by atoms with E-state index in [4.69, 9.17) is 4.74 Å². The molecule has 7 heteroatoms. The first kappa shape index (κ1) is 14.6. The van der Waals surface area contributed by atoms with E-state index in [2.05, 4.69) is 20.6 Å². The Kier molecular flexibility index (Phi) is 3.84. The van der Waals surface area contributed by atoms with Crippen LogP contribution in [-0.4, -0.2) is 26.9 Å². The second-order valence-corrected chi connectivity index (χ2v) is 6.20. The molecule has 0 saturated heterocycles. The van der Waals surface area contributed by atoms with Crippen molar-refractivity contribution in [3.8, 4) is 17.1 Å². The average Bonchev–Trinajstić information content (AvgIpc) is 3.21. The van der Waals surface area contributed by atoms with Crippen LogP contribution >= 0.6 is 11.3 Å². The van der Waals surface area contributed by atoms with Gasteiger partial charge in [-0.1, -0.05) is 29.5 Å². The van der Waals surface area contributed by atoms with E-state index in [1.807, 2.05) is 54.6 Å². The molecular formula is C17H15N5OS. The molecule has 2 aromatic carbocycles. The number of ether oxygens (including phenoxy) is 1. The summed E-state index contributed by atoms with van der Waals surface area (Å²) in [6.45, 7) is 0.653. The van der Waals surface area contributed by atoms with Gasteiger partial charge in [-0.25, -0.2) is 0 Å². The molecule has 0 atom stereocenters. The Morgan fingerprint density at radius 3 is 2.58 bits per heavy atom. The minimum Gasteiger partial charge on any atom is -0.497 e. The zero-order valence-corrected chi connectivity index (χ0v) is 13.8. The summed E-state index contributed by atoms with van der Waals surface area (Å²) in [5, 5.41) is 17.4. The number of rotatable bonds is 5. The molecule has 0 aliphatic heterocycles. The first-order valence-corrected chi connectivity index (χ1v) is 8.29. The van der Waals surface area contributed by atoms with Gasteiger partial charge in [0.1, 0.15) is 10.8 Å². The standard InChI is InChI=1S/C17H15N5OS/c1-23-14-9-7-12(8-10-14)16-19-20-17-22(16)21-15(24-17)11-18-13-5-3-2-4-6-13/h2-10,18H,11H2,1H3. The molecule has 2 heterocycles. The third-order valence-corrected chi connectivity index (χ3v) is 4.50. The highest BCUT2D eigenvalue weighted by Gasteiger charge is 2.13. The van der Waals surface area contributed by atoms with Crippen LogP contribution < -0.4 is 10.1 Å². The molecule has 0 amide bonds. The number of nitrogens with one attached hydrogen (secondary N) is 1. The van der Waals surface area contributed by atoms with E-state index in [0.29, 0.717) is 6.54 Å². The molecular weight excluding hydrogens is 322 g/mol. The van der Waals surface area contributed by atoms with Crippen molar-refractivity contribution in [3.05, 3.63) is 59.6 Å². The fraction of sp³-hybridized carbons (Fsp3) is 0.118. The second-order valence-electron chi connectivity index (χ2n) is 5.16. The topological polar surface area (TPSA) is 64.3 Å². The summed E-state index contributed by atoms with van der Waals surface area (Å²) in [7, 11) is 1.65. The maximum Gasteiger partial charge on any atom is 0.235 e. The van der Waals surface area contributed by atoms with Gasteiger partial charge in [0.05, 0.1) is 13.7 Å². The summed E-state index contributed by atoms with van der Waals surface area (Å²) in [4.78, 5) is 0.783. The molecule has 4 aromatic rings. The fourth-order valence-corrected chi connectivity index (χ4v) is 3.15. The van der Waals surface area contributed by atoms with Gasteiger partial charge in [0.25, 0.3) is 0 Å². The maximum absolute atomic E-state index is 5.19. The number of hydrogen-bond acceptors (Lipinski definition) is 6. The van der Waals surface area contributed by atoms with Crippen LogP contribution in [0.25, 0.3) is 16.3 Å². The molecule has 0 radical (unpaired) electrons. The Balaban J connectivity index is 1.58. The smallest absolute Gasteiger partial charge is 0.235 e. The zero-order chi connectivity index (χ0) is 16.4. The van der Waals surface area contributed by atoms with E-state index in [-0.39, 0.29) is 0 Å². The molecule has 0 aliphatic rings. The fourth-order valence-electron chi connectivity index (χ4n) is 2.38. The SMILES string of the molecule is COc1ccc(-c2nnc3sc(CNc4ccccc4)nn23)cc1. The highest BCUT2D eigenvalue weighted by molar-refractivity contribution is 7.16. The summed E-state index contributed by atoms with van der Waals surface area (Å²) in [6, 6.07) is 17.8. The molecule has 0 unspecified atom stereocenters. The average molecular weight is 337 g/mol. The predicted octanol–water partition coefficient (Wildman–Crippen LogP) is 3.47. The van der Waals surface area contributed by atoms with Gasteiger partial charge in [0.2, 0.25) is 4.96 Å². The largest absolute Gasteiger partial charge is 0.497 e. The van der Waals surface area contributed by atoms with Gasteiger partial charge in [-0.2, -0.15) is 9.61 Å². The monoisotopic (exact) mass is 337 g/mol. The molecule has 120 valence electrons. The Morgan fingerprint density at radius 2 is 1.83 bits per heavy atom. The Morgan fingerprint density at radius 1 is 1.04 bits per heavy atom. The van der Waals surface area contributed by atoms with Crippen molar-refractivity contribution in [2.45, 2.75) is 6.54 Å². The number of benzene rings is 2.